The quantitative estimate of drug-likeness (QED) is 0.156. The van der Waals surface area contributed by atoms with Crippen LogP contribution in [-0.2, 0) is 31.9 Å². The van der Waals surface area contributed by atoms with Crippen LogP contribution in [0, 0.1) is 32.9 Å². The second kappa shape index (κ2) is 14.6. The molecule has 0 radical (unpaired) electrons. The minimum absolute atomic E-state index is 0. The van der Waals surface area contributed by atoms with Gasteiger partial charge in [-0.15, -0.1) is 29.3 Å². The molecule has 3 heterocycles. The first-order valence-corrected chi connectivity index (χ1v) is 18.5. The first-order valence-electron chi connectivity index (χ1n) is 17.7. The average Bonchev–Trinajstić information content (AvgIpc) is 3.13. The molecule has 1 aliphatic heterocycles. The number of rotatable bonds is 6. The molecule has 0 saturated heterocycles. The van der Waals surface area contributed by atoms with Crippen molar-refractivity contribution in [1.82, 2.24) is 9.97 Å². The third kappa shape index (κ3) is 6.80. The third-order valence-corrected chi connectivity index (χ3v) is 11.1. The van der Waals surface area contributed by atoms with Gasteiger partial charge in [-0.1, -0.05) is 116 Å². The van der Waals surface area contributed by atoms with Gasteiger partial charge in [0.15, 0.2) is 0 Å². The summed E-state index contributed by atoms with van der Waals surface area (Å²) in [5.41, 5.74) is 12.4. The Balaban J connectivity index is 0.00000435. The van der Waals surface area contributed by atoms with E-state index < -0.39 is 5.41 Å². The number of aryl methyl sites for hydroxylation is 3. The molecule has 5 heteroatoms. The largest absolute Gasteiger partial charge is 2.00 e. The van der Waals surface area contributed by atoms with Crippen LogP contribution in [0.5, 0.6) is 11.5 Å². The van der Waals surface area contributed by atoms with Crippen LogP contribution in [0.15, 0.2) is 144 Å². The van der Waals surface area contributed by atoms with E-state index in [4.69, 9.17) is 14.7 Å². The van der Waals surface area contributed by atoms with E-state index in [0.717, 1.165) is 28.1 Å². The number of aromatic nitrogens is 2. The van der Waals surface area contributed by atoms with Crippen LogP contribution in [0.4, 0.5) is 0 Å². The van der Waals surface area contributed by atoms with Gasteiger partial charge in [0.05, 0.1) is 11.1 Å². The van der Waals surface area contributed by atoms with E-state index in [2.05, 4.69) is 163 Å². The van der Waals surface area contributed by atoms with Gasteiger partial charge in [0.1, 0.15) is 0 Å². The minimum atomic E-state index is -0.705. The summed E-state index contributed by atoms with van der Waals surface area (Å²) in [5, 5.41) is 0. The zero-order valence-corrected chi connectivity index (χ0v) is 33.8. The molecule has 1 aliphatic rings. The van der Waals surface area contributed by atoms with E-state index in [-0.39, 0.29) is 26.5 Å². The van der Waals surface area contributed by atoms with Crippen molar-refractivity contribution in [2.24, 2.45) is 0 Å². The van der Waals surface area contributed by atoms with Crippen LogP contribution >= 0.6 is 11.8 Å². The Morgan fingerprint density at radius 2 is 1.32 bits per heavy atom. The summed E-state index contributed by atoms with van der Waals surface area (Å²) in [6.45, 7) is 13.2. The number of hydrogen-bond acceptors (Lipinski definition) is 4. The molecule has 0 amide bonds. The number of pyridine rings is 2. The molecule has 0 atom stereocenters. The van der Waals surface area contributed by atoms with Crippen LogP contribution < -0.4 is 4.74 Å². The zero-order valence-electron chi connectivity index (χ0n) is 30.7. The Hall–Kier alpha value is -4.76. The van der Waals surface area contributed by atoms with E-state index in [0.29, 0.717) is 11.5 Å². The van der Waals surface area contributed by atoms with Gasteiger partial charge in [-0.2, -0.15) is 12.1 Å². The normalized spacial score (nSPS) is 13.0. The molecule has 2 aromatic heterocycles. The van der Waals surface area contributed by atoms with E-state index in [1.165, 1.54) is 48.7 Å². The monoisotopic (exact) mass is 887 g/mol. The van der Waals surface area contributed by atoms with E-state index in [9.17, 15) is 0 Å². The van der Waals surface area contributed by atoms with Gasteiger partial charge in [0.25, 0.3) is 0 Å². The molecule has 0 saturated carbocycles. The minimum Gasteiger partial charge on any atom is -0.503 e. The van der Waals surface area contributed by atoms with Gasteiger partial charge in [0, 0.05) is 33.7 Å². The molecule has 5 aromatic carbocycles. The topological polar surface area (TPSA) is 35.0 Å². The molecular formula is C48H40N2OPtS. The summed E-state index contributed by atoms with van der Waals surface area (Å²) >= 11 is 1.80. The van der Waals surface area contributed by atoms with Crippen molar-refractivity contribution in [3.05, 3.63) is 190 Å². The van der Waals surface area contributed by atoms with Crippen LogP contribution in [0.25, 0.3) is 22.4 Å². The summed E-state index contributed by atoms with van der Waals surface area (Å²) in [6.07, 6.45) is 3.77. The van der Waals surface area contributed by atoms with Crippen molar-refractivity contribution in [1.29, 1.82) is 0 Å². The fraction of sp³-hybridized carbons (Fsp3) is 0.167. The van der Waals surface area contributed by atoms with Gasteiger partial charge in [-0.25, -0.2) is 0 Å². The number of fused-ring (bicyclic) bond motifs is 2. The Morgan fingerprint density at radius 3 is 1.98 bits per heavy atom. The van der Waals surface area contributed by atoms with Crippen LogP contribution in [-0.4, -0.2) is 9.97 Å². The number of hydrogen-bond donors (Lipinski definition) is 0. The summed E-state index contributed by atoms with van der Waals surface area (Å²) < 4.78 is 6.83. The Bertz CT molecular complexity index is 2380. The predicted molar refractivity (Wildman–Crippen MR) is 212 cm³/mol. The third-order valence-electron chi connectivity index (χ3n) is 9.96. The summed E-state index contributed by atoms with van der Waals surface area (Å²) in [5.74, 6) is 1.21. The van der Waals surface area contributed by atoms with Crippen LogP contribution in [0.3, 0.4) is 0 Å². The molecule has 0 fully saturated rings. The van der Waals surface area contributed by atoms with Crippen molar-refractivity contribution in [2.45, 2.75) is 62.2 Å². The molecule has 264 valence electrons. The molecule has 0 N–H and O–H groups in total. The first-order chi connectivity index (χ1) is 25.1. The van der Waals surface area contributed by atoms with Crippen molar-refractivity contribution >= 4 is 11.8 Å². The maximum Gasteiger partial charge on any atom is 2.00 e. The zero-order chi connectivity index (χ0) is 36.0. The smallest absolute Gasteiger partial charge is 0.503 e. The molecule has 0 aliphatic carbocycles. The Kier molecular flexibility index (Phi) is 10.1. The second-order valence-electron chi connectivity index (χ2n) is 14.7. The molecule has 0 bridgehead atoms. The van der Waals surface area contributed by atoms with Crippen LogP contribution in [0.2, 0.25) is 0 Å². The molecule has 0 unspecified atom stereocenters. The van der Waals surface area contributed by atoms with Crippen LogP contribution in [0.1, 0.15) is 65.4 Å². The SMILES string of the molecule is Cc1cc(C)c(-c2cc(Oc3[c-]c(C4(c5ccccn5)c5ccccc5Sc5ccccc54)ccc3)[c-]c(-c3cc(C(C)(C)C)ccn3)c2)c(C)c1.[Pt+2]. The molecule has 8 rings (SSSR count). The van der Waals surface area contributed by atoms with E-state index >= 15 is 0 Å². The fourth-order valence-corrected chi connectivity index (χ4v) is 8.88. The summed E-state index contributed by atoms with van der Waals surface area (Å²) in [4.78, 5) is 12.2. The number of benzene rings is 5. The van der Waals surface area contributed by atoms with Crippen molar-refractivity contribution in [3.8, 4) is 33.9 Å². The van der Waals surface area contributed by atoms with Gasteiger partial charge in [0.2, 0.25) is 0 Å². The van der Waals surface area contributed by atoms with Gasteiger partial charge in [-0.3, -0.25) is 4.98 Å². The molecule has 7 aromatic rings. The molecule has 3 nitrogen and oxygen atoms in total. The Labute approximate surface area is 332 Å². The number of ether oxygens (including phenoxy) is 1. The summed E-state index contributed by atoms with van der Waals surface area (Å²) in [7, 11) is 0. The second-order valence-corrected chi connectivity index (χ2v) is 15.8. The molecule has 0 spiro atoms. The van der Waals surface area contributed by atoms with Gasteiger partial charge in [-0.05, 0) is 95.6 Å². The average molecular weight is 888 g/mol. The maximum absolute atomic E-state index is 6.83. The number of nitrogens with zero attached hydrogens (tertiary/aromatic N) is 2. The van der Waals surface area contributed by atoms with Gasteiger partial charge < -0.3 is 9.72 Å². The van der Waals surface area contributed by atoms with E-state index in [1.54, 1.807) is 11.8 Å². The van der Waals surface area contributed by atoms with Crippen molar-refractivity contribution in [3.63, 3.8) is 0 Å². The summed E-state index contributed by atoms with van der Waals surface area (Å²) in [6, 6.07) is 50.0. The molecular weight excluding hydrogens is 848 g/mol. The Morgan fingerprint density at radius 1 is 0.642 bits per heavy atom. The van der Waals surface area contributed by atoms with Gasteiger partial charge >= 0.3 is 21.1 Å². The first kappa shape index (κ1) is 36.6. The van der Waals surface area contributed by atoms with Crippen molar-refractivity contribution in [2.75, 3.05) is 0 Å². The molecule has 53 heavy (non-hydrogen) atoms. The predicted octanol–water partition coefficient (Wildman–Crippen LogP) is 12.3. The fourth-order valence-electron chi connectivity index (χ4n) is 7.69. The standard InChI is InChI=1S/C48H40N2OS.Pt/c1-31-24-32(2)46(33(3)25-31)35-26-34(42-30-36(21-23-49-42)47(4,5)6)27-39(28-35)51-38-15-13-14-37(29-38)48(45-20-11-12-22-50-45)40-16-7-9-18-43(40)52-44-19-10-8-17-41(44)48;/h7-26,28,30H,1-6H3;/q-2;+2. The maximum atomic E-state index is 6.83. The van der Waals surface area contributed by atoms with E-state index in [1.807, 2.05) is 24.5 Å². The van der Waals surface area contributed by atoms with Crippen molar-refractivity contribution < 1.29 is 25.8 Å².